The fourth-order valence-electron chi connectivity index (χ4n) is 13.5. The van der Waals surface area contributed by atoms with E-state index in [0.29, 0.717) is 49.9 Å². The average molecular weight is 1060 g/mol. The van der Waals surface area contributed by atoms with E-state index < -0.39 is 44.6 Å². The summed E-state index contributed by atoms with van der Waals surface area (Å²) >= 11 is 0. The Kier molecular flexibility index (Phi) is 16.6. The SMILES string of the molecule is CC(C)[Si](C#Cc1c(F)ccc2cc(O[Si](C(C)C)(C(C)C)C(C)C)cc(-c3ncc4c(N5CCCCC5)nc(OC[C@@]56CCCN5[C@H](COC(=O)Oc5ccc([N+](=O)[O-])cc5)CC6)nc4c3F)c12)(C(C)C)C(C)C. The lowest BCUT2D eigenvalue weighted by atomic mass is 9.95. The van der Waals surface area contributed by atoms with Crippen molar-refractivity contribution < 1.29 is 37.1 Å². The topological polar surface area (TPSA) is 142 Å². The first kappa shape index (κ1) is 55.5. The molecule has 8 rings (SSSR count). The average Bonchev–Trinajstić information content (AvgIpc) is 3.94. The number of nitro groups is 1. The highest BCUT2D eigenvalue weighted by molar-refractivity contribution is 6.90. The van der Waals surface area contributed by atoms with Crippen LogP contribution in [0.25, 0.3) is 32.9 Å². The van der Waals surface area contributed by atoms with Crippen LogP contribution in [0.4, 0.5) is 25.1 Å². The van der Waals surface area contributed by atoms with E-state index in [-0.39, 0.29) is 70.1 Å². The van der Waals surface area contributed by atoms with Gasteiger partial charge in [-0.2, -0.15) is 9.97 Å². The summed E-state index contributed by atoms with van der Waals surface area (Å²) in [5.74, 6) is 3.56. The molecule has 3 aliphatic heterocycles. The zero-order valence-electron chi connectivity index (χ0n) is 46.0. The molecule has 0 radical (unpaired) electrons. The zero-order valence-corrected chi connectivity index (χ0v) is 48.0. The van der Waals surface area contributed by atoms with Crippen LogP contribution in [0, 0.1) is 33.2 Å². The molecule has 5 heterocycles. The Morgan fingerprint density at radius 1 is 0.827 bits per heavy atom. The molecule has 0 aliphatic carbocycles. The van der Waals surface area contributed by atoms with Crippen LogP contribution < -0.4 is 18.8 Å². The molecule has 13 nitrogen and oxygen atoms in total. The minimum Gasteiger partial charge on any atom is -0.543 e. The summed E-state index contributed by atoms with van der Waals surface area (Å²) in [6, 6.07) is 12.2. The van der Waals surface area contributed by atoms with E-state index >= 15 is 8.78 Å². The van der Waals surface area contributed by atoms with Gasteiger partial charge in [-0.15, -0.1) is 5.54 Å². The van der Waals surface area contributed by atoms with Crippen LogP contribution in [-0.2, 0) is 4.74 Å². The Labute approximate surface area is 443 Å². The molecule has 3 aromatic carbocycles. The van der Waals surface area contributed by atoms with Gasteiger partial charge in [0, 0.05) is 48.4 Å². The molecule has 5 aromatic rings. The standard InChI is InChI=1S/C58H76F2N6O7Si2/c1-36(2)74(37(3)4,38(5)6)30-24-47-50(59)22-17-42-31-46(73-75(39(7)8,40(9)10)41(11)12)32-48(51(42)47)53-52(60)54-49(33-61-53)55(64-27-14-13-15-28-64)63-56(62-54)71-35-58-25-16-29-65(58)44(23-26-58)34-70-57(67)72-45-20-18-43(19-21-45)66(68)69/h17-22,31-33,36-41,44H,13-16,23,25-29,34-35H2,1-12H3/t44-,58-/m0/s1. The highest BCUT2D eigenvalue weighted by Gasteiger charge is 2.51. The van der Waals surface area contributed by atoms with Crippen molar-refractivity contribution >= 4 is 55.7 Å². The summed E-state index contributed by atoms with van der Waals surface area (Å²) < 4.78 is 59.9. The second-order valence-electron chi connectivity index (χ2n) is 23.0. The maximum Gasteiger partial charge on any atom is 0.513 e. The van der Waals surface area contributed by atoms with Crippen molar-refractivity contribution in [1.29, 1.82) is 0 Å². The molecule has 402 valence electrons. The third-order valence-electron chi connectivity index (χ3n) is 17.0. The Balaban J connectivity index is 1.20. The van der Waals surface area contributed by atoms with Crippen LogP contribution >= 0.6 is 0 Å². The largest absolute Gasteiger partial charge is 0.543 e. The van der Waals surface area contributed by atoms with Crippen molar-refractivity contribution in [2.24, 2.45) is 0 Å². The van der Waals surface area contributed by atoms with Crippen LogP contribution in [0.5, 0.6) is 17.5 Å². The van der Waals surface area contributed by atoms with Gasteiger partial charge in [0.25, 0.3) is 14.0 Å². The number of pyridine rings is 1. The molecule has 0 N–H and O–H groups in total. The summed E-state index contributed by atoms with van der Waals surface area (Å²) in [6.45, 7) is 29.3. The van der Waals surface area contributed by atoms with Gasteiger partial charge >= 0.3 is 12.2 Å². The molecule has 0 amide bonds. The maximum absolute atomic E-state index is 18.3. The number of carbonyl (C=O) groups is 1. The molecule has 0 bridgehead atoms. The van der Waals surface area contributed by atoms with E-state index in [1.54, 1.807) is 12.3 Å². The number of halogens is 2. The quantitative estimate of drug-likeness (QED) is 0.0218. The normalized spacial score (nSPS) is 18.5. The number of carbonyl (C=O) groups excluding carboxylic acids is 1. The molecule has 2 aromatic heterocycles. The fraction of sp³-hybridized carbons (Fsp3) is 0.552. The lowest BCUT2D eigenvalue weighted by Crippen LogP contribution is -2.50. The Morgan fingerprint density at radius 2 is 1.49 bits per heavy atom. The van der Waals surface area contributed by atoms with Gasteiger partial charge in [0.2, 0.25) is 0 Å². The lowest BCUT2D eigenvalue weighted by Gasteiger charge is -2.42. The molecule has 3 saturated heterocycles. The second kappa shape index (κ2) is 22.5. The summed E-state index contributed by atoms with van der Waals surface area (Å²) in [4.78, 5) is 42.6. The van der Waals surface area contributed by atoms with Crippen molar-refractivity contribution in [3.63, 3.8) is 0 Å². The highest BCUT2D eigenvalue weighted by atomic mass is 28.4. The number of nitrogens with zero attached hydrogens (tertiary/aromatic N) is 6. The molecule has 0 spiro atoms. The van der Waals surface area contributed by atoms with Gasteiger partial charge in [-0.1, -0.05) is 95.1 Å². The number of hydrogen-bond donors (Lipinski definition) is 0. The third kappa shape index (κ3) is 10.7. The predicted octanol–water partition coefficient (Wildman–Crippen LogP) is 14.7. The van der Waals surface area contributed by atoms with E-state index in [2.05, 4.69) is 104 Å². The zero-order chi connectivity index (χ0) is 54.1. The van der Waals surface area contributed by atoms with Crippen LogP contribution in [0.3, 0.4) is 0 Å². The van der Waals surface area contributed by atoms with Crippen molar-refractivity contribution in [3.8, 4) is 40.2 Å². The molecular formula is C58H76F2N6O7Si2. The van der Waals surface area contributed by atoms with Crippen LogP contribution in [-0.4, -0.2) is 91.8 Å². The number of aromatic nitrogens is 3. The molecule has 75 heavy (non-hydrogen) atoms. The minimum atomic E-state index is -2.54. The fourth-order valence-corrected chi connectivity index (χ4v) is 23.9. The Bertz CT molecular complexity index is 2930. The third-order valence-corrected chi connectivity index (χ3v) is 29.3. The number of anilines is 1. The van der Waals surface area contributed by atoms with Crippen molar-refractivity contribution in [2.45, 2.75) is 173 Å². The van der Waals surface area contributed by atoms with Crippen LogP contribution in [0.15, 0.2) is 54.7 Å². The number of hydrogen-bond acceptors (Lipinski definition) is 12. The first-order valence-electron chi connectivity index (χ1n) is 27.2. The number of nitro benzene ring substituents is 1. The van der Waals surface area contributed by atoms with E-state index in [1.807, 2.05) is 12.1 Å². The van der Waals surface area contributed by atoms with Crippen molar-refractivity contribution in [3.05, 3.63) is 82.0 Å². The van der Waals surface area contributed by atoms with Gasteiger partial charge < -0.3 is 23.5 Å². The highest BCUT2D eigenvalue weighted by Crippen LogP contribution is 2.47. The molecule has 17 heteroatoms. The van der Waals surface area contributed by atoms with E-state index in [9.17, 15) is 14.9 Å². The number of non-ortho nitro benzene ring substituents is 1. The Hall–Kier alpha value is -5.71. The molecular weight excluding hydrogens is 987 g/mol. The number of piperidine rings is 1. The maximum atomic E-state index is 18.3. The molecule has 2 atom stereocenters. The van der Waals surface area contributed by atoms with Gasteiger partial charge in [-0.05, 0) is 120 Å². The lowest BCUT2D eigenvalue weighted by molar-refractivity contribution is -0.384. The van der Waals surface area contributed by atoms with E-state index in [4.69, 9.17) is 33.6 Å². The van der Waals surface area contributed by atoms with E-state index in [0.717, 1.165) is 64.6 Å². The van der Waals surface area contributed by atoms with Crippen molar-refractivity contribution in [1.82, 2.24) is 19.9 Å². The number of benzene rings is 3. The van der Waals surface area contributed by atoms with Gasteiger partial charge in [-0.3, -0.25) is 20.0 Å². The number of rotatable bonds is 17. The molecule has 0 saturated carbocycles. The second-order valence-corrected chi connectivity index (χ2v) is 34.0. The monoisotopic (exact) mass is 1060 g/mol. The predicted molar refractivity (Wildman–Crippen MR) is 298 cm³/mol. The number of fused-ring (bicyclic) bond motifs is 3. The van der Waals surface area contributed by atoms with E-state index in [1.165, 1.54) is 30.3 Å². The van der Waals surface area contributed by atoms with Crippen molar-refractivity contribution in [2.75, 3.05) is 37.7 Å². The van der Waals surface area contributed by atoms with Gasteiger partial charge in [0.05, 0.1) is 21.4 Å². The van der Waals surface area contributed by atoms with Gasteiger partial charge in [-0.25, -0.2) is 13.6 Å². The van der Waals surface area contributed by atoms with Gasteiger partial charge in [0.15, 0.2) is 5.82 Å². The van der Waals surface area contributed by atoms with Crippen LogP contribution in [0.2, 0.25) is 33.2 Å². The summed E-state index contributed by atoms with van der Waals surface area (Å²) in [5.41, 5.74) is 5.60. The summed E-state index contributed by atoms with van der Waals surface area (Å²) in [7, 11) is -4.89. The molecule has 3 aliphatic rings. The summed E-state index contributed by atoms with van der Waals surface area (Å²) in [6.07, 6.45) is 6.99. The number of ether oxygens (including phenoxy) is 3. The van der Waals surface area contributed by atoms with Crippen LogP contribution in [0.1, 0.15) is 134 Å². The Morgan fingerprint density at radius 3 is 2.12 bits per heavy atom. The first-order valence-corrected chi connectivity index (χ1v) is 31.6. The molecule has 0 unspecified atom stereocenters. The van der Waals surface area contributed by atoms with Gasteiger partial charge in [0.1, 0.15) is 55.6 Å². The minimum absolute atomic E-state index is 0.0122. The first-order chi connectivity index (χ1) is 35.6. The molecule has 3 fully saturated rings. The smallest absolute Gasteiger partial charge is 0.513 e. The summed E-state index contributed by atoms with van der Waals surface area (Å²) in [5, 5.41) is 12.7.